The highest BCUT2D eigenvalue weighted by atomic mass is 15.4. The second-order valence-corrected chi connectivity index (χ2v) is 4.21. The Hall–Kier alpha value is -2.22. The Kier molecular flexibility index (Phi) is 4.24. The van der Waals surface area contributed by atoms with E-state index in [-0.39, 0.29) is 6.04 Å². The van der Waals surface area contributed by atoms with E-state index in [4.69, 9.17) is 5.84 Å². The summed E-state index contributed by atoms with van der Waals surface area (Å²) in [5, 5.41) is 7.31. The summed E-state index contributed by atoms with van der Waals surface area (Å²) in [5.41, 5.74) is 2.43. The summed E-state index contributed by atoms with van der Waals surface area (Å²) in [4.78, 5) is 12.6. The molecule has 2 aromatic heterocycles. The van der Waals surface area contributed by atoms with Crippen LogP contribution in [-0.4, -0.2) is 30.8 Å². The smallest absolute Gasteiger partial charge is 0.257 e. The average Bonchev–Trinajstić information content (AvgIpc) is 2.92. The van der Waals surface area contributed by atoms with Crippen LogP contribution in [0.25, 0.3) is 5.95 Å². The van der Waals surface area contributed by atoms with Crippen LogP contribution in [-0.2, 0) is 0 Å². The molecule has 0 saturated heterocycles. The van der Waals surface area contributed by atoms with Crippen molar-refractivity contribution in [1.82, 2.24) is 24.7 Å². The molecule has 8 heteroatoms. The minimum Gasteiger partial charge on any atom is -0.352 e. The first-order valence-electron chi connectivity index (χ1n) is 6.22. The highest BCUT2D eigenvalue weighted by Crippen LogP contribution is 2.10. The molecule has 0 aliphatic heterocycles. The Labute approximate surface area is 111 Å². The Bertz CT molecular complexity index is 509. The van der Waals surface area contributed by atoms with Crippen molar-refractivity contribution < 1.29 is 0 Å². The zero-order valence-electron chi connectivity index (χ0n) is 11.0. The molecule has 1 unspecified atom stereocenters. The zero-order chi connectivity index (χ0) is 13.7. The van der Waals surface area contributed by atoms with E-state index < -0.39 is 0 Å². The maximum absolute atomic E-state index is 5.37. The van der Waals surface area contributed by atoms with Gasteiger partial charge in [0.15, 0.2) is 0 Å². The molecule has 2 heterocycles. The summed E-state index contributed by atoms with van der Waals surface area (Å²) in [5.74, 6) is 6.56. The van der Waals surface area contributed by atoms with Gasteiger partial charge in [-0.25, -0.2) is 10.5 Å². The number of nitrogens with two attached hydrogens (primary N) is 1. The molecule has 2 rings (SSSR count). The van der Waals surface area contributed by atoms with Crippen molar-refractivity contribution in [2.75, 3.05) is 10.7 Å². The largest absolute Gasteiger partial charge is 0.352 e. The van der Waals surface area contributed by atoms with Crippen molar-refractivity contribution >= 4 is 11.9 Å². The number of nitrogens with zero attached hydrogens (tertiary/aromatic N) is 5. The van der Waals surface area contributed by atoms with Crippen LogP contribution in [0.3, 0.4) is 0 Å². The summed E-state index contributed by atoms with van der Waals surface area (Å²) in [6, 6.07) is 2.08. The van der Waals surface area contributed by atoms with Crippen molar-refractivity contribution in [2.24, 2.45) is 5.84 Å². The fraction of sp³-hybridized carbons (Fsp3) is 0.455. The van der Waals surface area contributed by atoms with Crippen LogP contribution in [0.15, 0.2) is 18.5 Å². The second-order valence-electron chi connectivity index (χ2n) is 4.21. The van der Waals surface area contributed by atoms with Gasteiger partial charge in [-0.3, -0.25) is 5.43 Å². The molecular weight excluding hydrogens is 244 g/mol. The van der Waals surface area contributed by atoms with Crippen LogP contribution < -0.4 is 16.6 Å². The third-order valence-corrected chi connectivity index (χ3v) is 2.56. The van der Waals surface area contributed by atoms with Crippen molar-refractivity contribution in [2.45, 2.75) is 32.7 Å². The lowest BCUT2D eigenvalue weighted by Crippen LogP contribution is -2.20. The summed E-state index contributed by atoms with van der Waals surface area (Å²) in [6.45, 7) is 4.21. The van der Waals surface area contributed by atoms with E-state index in [9.17, 15) is 0 Å². The monoisotopic (exact) mass is 262 g/mol. The third kappa shape index (κ3) is 3.38. The Morgan fingerprint density at radius 1 is 1.32 bits per heavy atom. The molecular formula is C11H18N8. The van der Waals surface area contributed by atoms with Gasteiger partial charge in [0.25, 0.3) is 5.95 Å². The van der Waals surface area contributed by atoms with Gasteiger partial charge in [-0.2, -0.15) is 20.1 Å². The van der Waals surface area contributed by atoms with Crippen molar-refractivity contribution in [3.8, 4) is 5.95 Å². The maximum Gasteiger partial charge on any atom is 0.257 e. The van der Waals surface area contributed by atoms with Gasteiger partial charge in [0.1, 0.15) is 0 Å². The number of rotatable bonds is 6. The molecule has 4 N–H and O–H groups in total. The number of hydrogen-bond donors (Lipinski definition) is 3. The van der Waals surface area contributed by atoms with Crippen molar-refractivity contribution in [3.63, 3.8) is 0 Å². The molecule has 0 bridgehead atoms. The fourth-order valence-electron chi connectivity index (χ4n) is 1.71. The molecule has 19 heavy (non-hydrogen) atoms. The van der Waals surface area contributed by atoms with E-state index in [2.05, 4.69) is 44.6 Å². The number of anilines is 2. The minimum atomic E-state index is 0.281. The lowest BCUT2D eigenvalue weighted by molar-refractivity contribution is 0.680. The molecule has 0 amide bonds. The molecule has 0 aromatic carbocycles. The van der Waals surface area contributed by atoms with E-state index in [1.807, 2.05) is 0 Å². The maximum atomic E-state index is 5.37. The Balaban J connectivity index is 2.26. The first kappa shape index (κ1) is 13.2. The molecule has 0 spiro atoms. The summed E-state index contributed by atoms with van der Waals surface area (Å²) in [6.07, 6.45) is 5.54. The van der Waals surface area contributed by atoms with Gasteiger partial charge < -0.3 is 5.32 Å². The second kappa shape index (κ2) is 6.10. The van der Waals surface area contributed by atoms with E-state index in [0.29, 0.717) is 17.8 Å². The van der Waals surface area contributed by atoms with Gasteiger partial charge in [-0.15, -0.1) is 0 Å². The molecule has 0 aliphatic carbocycles. The molecule has 2 aromatic rings. The predicted molar refractivity (Wildman–Crippen MR) is 72.8 cm³/mol. The summed E-state index contributed by atoms with van der Waals surface area (Å²) in [7, 11) is 0. The normalized spacial score (nSPS) is 12.2. The van der Waals surface area contributed by atoms with Crippen LogP contribution in [0.5, 0.6) is 0 Å². The molecule has 102 valence electrons. The van der Waals surface area contributed by atoms with Crippen LogP contribution >= 0.6 is 0 Å². The first-order chi connectivity index (χ1) is 9.22. The van der Waals surface area contributed by atoms with Gasteiger partial charge >= 0.3 is 0 Å². The first-order valence-corrected chi connectivity index (χ1v) is 6.22. The number of nitrogens with one attached hydrogen (secondary N) is 2. The highest BCUT2D eigenvalue weighted by molar-refractivity contribution is 5.37. The quantitative estimate of drug-likeness (QED) is 0.525. The molecule has 8 nitrogen and oxygen atoms in total. The number of aromatic nitrogens is 5. The molecule has 1 atom stereocenters. The van der Waals surface area contributed by atoms with Crippen LogP contribution in [0.2, 0.25) is 0 Å². The summed E-state index contributed by atoms with van der Waals surface area (Å²) < 4.78 is 1.55. The topological polar surface area (TPSA) is 107 Å². The van der Waals surface area contributed by atoms with Gasteiger partial charge in [0, 0.05) is 18.4 Å². The Morgan fingerprint density at radius 3 is 2.74 bits per heavy atom. The van der Waals surface area contributed by atoms with Crippen LogP contribution in [0.4, 0.5) is 11.9 Å². The van der Waals surface area contributed by atoms with E-state index in [1.165, 1.54) is 0 Å². The predicted octanol–water partition coefficient (Wildman–Crippen LogP) is 0.943. The SMILES string of the molecule is CCCC(C)Nc1nc(NN)nc(-n2cccn2)n1. The third-order valence-electron chi connectivity index (χ3n) is 2.56. The van der Waals surface area contributed by atoms with Gasteiger partial charge in [-0.05, 0) is 19.4 Å². The minimum absolute atomic E-state index is 0.281. The highest BCUT2D eigenvalue weighted by Gasteiger charge is 2.09. The number of nitrogen functional groups attached to an aromatic ring is 1. The van der Waals surface area contributed by atoms with Crippen molar-refractivity contribution in [3.05, 3.63) is 18.5 Å². The van der Waals surface area contributed by atoms with Gasteiger partial charge in [-0.1, -0.05) is 13.3 Å². The van der Waals surface area contributed by atoms with Crippen molar-refractivity contribution in [1.29, 1.82) is 0 Å². The number of hydrogen-bond acceptors (Lipinski definition) is 7. The van der Waals surface area contributed by atoms with E-state index >= 15 is 0 Å². The molecule has 0 saturated carbocycles. The van der Waals surface area contributed by atoms with Gasteiger partial charge in [0.2, 0.25) is 11.9 Å². The standard InChI is InChI=1S/C11H18N8/c1-3-5-8(2)14-9-15-10(18-12)17-11(16-9)19-7-4-6-13-19/h4,6-8H,3,5,12H2,1-2H3,(H2,14,15,16,17,18). The van der Waals surface area contributed by atoms with E-state index in [0.717, 1.165) is 12.8 Å². The lowest BCUT2D eigenvalue weighted by Gasteiger charge is -2.13. The Morgan fingerprint density at radius 2 is 2.11 bits per heavy atom. The van der Waals surface area contributed by atoms with Crippen LogP contribution in [0, 0.1) is 0 Å². The average molecular weight is 262 g/mol. The van der Waals surface area contributed by atoms with Crippen LogP contribution in [0.1, 0.15) is 26.7 Å². The van der Waals surface area contributed by atoms with Gasteiger partial charge in [0.05, 0.1) is 0 Å². The summed E-state index contributed by atoms with van der Waals surface area (Å²) >= 11 is 0. The number of hydrazine groups is 1. The molecule has 0 aliphatic rings. The zero-order valence-corrected chi connectivity index (χ0v) is 11.0. The molecule has 0 fully saturated rings. The van der Waals surface area contributed by atoms with E-state index in [1.54, 1.807) is 23.1 Å². The lowest BCUT2D eigenvalue weighted by atomic mass is 10.2. The molecule has 0 radical (unpaired) electrons. The fourth-order valence-corrected chi connectivity index (χ4v) is 1.71.